The molecule has 4 aromatic carbocycles. The number of carbonyl (C=O) groups excluding carboxylic acids is 2. The molecule has 2 amide bonds. The van der Waals surface area contributed by atoms with Crippen LogP contribution in [0.4, 0.5) is 0 Å². The average molecular weight is 776 g/mol. The van der Waals surface area contributed by atoms with E-state index in [1.165, 1.54) is 11.1 Å². The van der Waals surface area contributed by atoms with Crippen molar-refractivity contribution in [2.75, 3.05) is 19.8 Å². The molecule has 10 heteroatoms. The quantitative estimate of drug-likeness (QED) is 0.106. The SMILES string of the molecule is CC.Cc1cc(Cl)c(OCCOc2ccc(C3=CC(=O)N(Cc4ccccc4)CC3C(=O)N(Cc3cccc(C)c3C)C3C=C3)cc2)c(Cl)c1.S=S. The average Bonchev–Trinajstić information content (AvgIpc) is 4.00. The lowest BCUT2D eigenvalue weighted by Gasteiger charge is -2.36. The Labute approximate surface area is 327 Å². The van der Waals surface area contributed by atoms with Crippen molar-refractivity contribution in [3.63, 3.8) is 0 Å². The monoisotopic (exact) mass is 774 g/mol. The molecule has 1 heterocycles. The highest BCUT2D eigenvalue weighted by Gasteiger charge is 2.38. The van der Waals surface area contributed by atoms with E-state index in [9.17, 15) is 9.59 Å². The Hall–Kier alpha value is -4.08. The predicted molar refractivity (Wildman–Crippen MR) is 217 cm³/mol. The van der Waals surface area contributed by atoms with Crippen LogP contribution in [0.2, 0.25) is 10.0 Å². The number of hydrogen-bond donors (Lipinski definition) is 0. The minimum atomic E-state index is -0.539. The van der Waals surface area contributed by atoms with Gasteiger partial charge in [-0.25, -0.2) is 0 Å². The van der Waals surface area contributed by atoms with E-state index < -0.39 is 5.92 Å². The van der Waals surface area contributed by atoms with E-state index in [2.05, 4.69) is 48.4 Å². The number of rotatable bonds is 12. The maximum Gasteiger partial charge on any atom is 0.247 e. The van der Waals surface area contributed by atoms with Gasteiger partial charge in [0.05, 0.1) is 22.0 Å². The molecule has 1 unspecified atom stereocenters. The molecule has 2 aliphatic rings. The summed E-state index contributed by atoms with van der Waals surface area (Å²) >= 11 is 19.9. The third-order valence-corrected chi connectivity index (χ3v) is 9.44. The number of halogens is 2. The summed E-state index contributed by atoms with van der Waals surface area (Å²) in [4.78, 5) is 31.8. The van der Waals surface area contributed by atoms with E-state index in [4.69, 9.17) is 32.7 Å². The van der Waals surface area contributed by atoms with E-state index in [0.29, 0.717) is 40.2 Å². The number of aryl methyl sites for hydroxylation is 2. The van der Waals surface area contributed by atoms with Crippen molar-refractivity contribution in [2.24, 2.45) is 5.92 Å². The van der Waals surface area contributed by atoms with Crippen molar-refractivity contribution in [3.8, 4) is 11.5 Å². The summed E-state index contributed by atoms with van der Waals surface area (Å²) in [5, 5.41) is 0.910. The van der Waals surface area contributed by atoms with Crippen LogP contribution in [0.25, 0.3) is 5.57 Å². The number of amides is 2. The normalized spacial score (nSPS) is 14.7. The fourth-order valence-corrected chi connectivity index (χ4v) is 6.71. The largest absolute Gasteiger partial charge is 0.490 e. The third kappa shape index (κ3) is 10.5. The first-order valence-electron chi connectivity index (χ1n) is 17.2. The lowest BCUT2D eigenvalue weighted by Crippen LogP contribution is -2.46. The van der Waals surface area contributed by atoms with Gasteiger partial charge in [0.25, 0.3) is 0 Å². The van der Waals surface area contributed by atoms with Crippen molar-refractivity contribution in [1.29, 1.82) is 0 Å². The smallest absolute Gasteiger partial charge is 0.247 e. The molecular formula is C42H44Cl2N2O4S2. The number of ether oxygens (including phenoxy) is 2. The molecule has 6 nitrogen and oxygen atoms in total. The van der Waals surface area contributed by atoms with Crippen LogP contribution in [-0.2, 0) is 45.1 Å². The van der Waals surface area contributed by atoms with Gasteiger partial charge in [-0.3, -0.25) is 9.59 Å². The number of hydrogen-bond acceptors (Lipinski definition) is 6. The van der Waals surface area contributed by atoms with Gasteiger partial charge in [-0.2, -0.15) is 0 Å². The Bertz CT molecular complexity index is 1870. The van der Waals surface area contributed by atoms with Crippen LogP contribution in [0, 0.1) is 26.7 Å². The van der Waals surface area contributed by atoms with Crippen molar-refractivity contribution in [3.05, 3.63) is 147 Å². The van der Waals surface area contributed by atoms with Gasteiger partial charge in [0, 0.05) is 48.1 Å². The molecule has 0 spiro atoms. The van der Waals surface area contributed by atoms with Gasteiger partial charge in [0.15, 0.2) is 5.75 Å². The van der Waals surface area contributed by atoms with Crippen molar-refractivity contribution >= 4 is 63.0 Å². The summed E-state index contributed by atoms with van der Waals surface area (Å²) < 4.78 is 11.7. The van der Waals surface area contributed by atoms with E-state index in [1.54, 1.807) is 23.1 Å². The van der Waals surface area contributed by atoms with Crippen molar-refractivity contribution < 1.29 is 19.1 Å². The van der Waals surface area contributed by atoms with Gasteiger partial charge in [-0.15, -0.1) is 0 Å². The Balaban J connectivity index is 0.00000146. The van der Waals surface area contributed by atoms with E-state index in [-0.39, 0.29) is 37.6 Å². The van der Waals surface area contributed by atoms with Gasteiger partial charge < -0.3 is 19.3 Å². The maximum atomic E-state index is 14.5. The predicted octanol–water partition coefficient (Wildman–Crippen LogP) is 9.41. The highest BCUT2D eigenvalue weighted by atomic mass is 35.5. The van der Waals surface area contributed by atoms with Gasteiger partial charge in [0.2, 0.25) is 11.8 Å². The molecule has 0 N–H and O–H groups in total. The minimum Gasteiger partial charge on any atom is -0.490 e. The molecule has 1 atom stereocenters. The second kappa shape index (κ2) is 19.7. The highest BCUT2D eigenvalue weighted by Crippen LogP contribution is 2.36. The molecular weight excluding hydrogens is 732 g/mol. The second-order valence-corrected chi connectivity index (χ2v) is 13.2. The zero-order chi connectivity index (χ0) is 37.8. The van der Waals surface area contributed by atoms with Gasteiger partial charge in [-0.1, -0.05) is 110 Å². The maximum absolute atomic E-state index is 14.5. The summed E-state index contributed by atoms with van der Waals surface area (Å²) in [6, 6.07) is 27.1. The minimum absolute atomic E-state index is 0.00591. The molecule has 0 saturated carbocycles. The number of carbonyl (C=O) groups is 2. The second-order valence-electron chi connectivity index (χ2n) is 12.3. The van der Waals surface area contributed by atoms with Gasteiger partial charge in [-0.05, 0) is 84.0 Å². The summed E-state index contributed by atoms with van der Waals surface area (Å²) in [7, 11) is 0. The van der Waals surface area contributed by atoms with E-state index in [1.807, 2.05) is 98.5 Å². The Morgan fingerprint density at radius 1 is 0.865 bits per heavy atom. The molecule has 1 aliphatic carbocycles. The summed E-state index contributed by atoms with van der Waals surface area (Å²) in [6.45, 7) is 11.8. The first-order chi connectivity index (χ1) is 25.2. The zero-order valence-corrected chi connectivity index (χ0v) is 33.2. The molecule has 52 heavy (non-hydrogen) atoms. The summed E-state index contributed by atoms with van der Waals surface area (Å²) in [6.07, 6.45) is 5.71. The van der Waals surface area contributed by atoms with Crippen LogP contribution in [0.1, 0.15) is 47.2 Å². The summed E-state index contributed by atoms with van der Waals surface area (Å²) in [5.74, 6) is 0.409. The Kier molecular flexibility index (Phi) is 15.4. The first kappa shape index (κ1) is 40.7. The molecule has 1 aliphatic heterocycles. The molecule has 0 bridgehead atoms. The third-order valence-electron chi connectivity index (χ3n) is 8.88. The molecule has 0 saturated heterocycles. The van der Waals surface area contributed by atoms with Crippen LogP contribution in [0.3, 0.4) is 0 Å². The lowest BCUT2D eigenvalue weighted by molar-refractivity contribution is -0.137. The molecule has 0 aromatic heterocycles. The van der Waals surface area contributed by atoms with Crippen LogP contribution >= 0.6 is 23.2 Å². The highest BCUT2D eigenvalue weighted by molar-refractivity contribution is 8.07. The molecule has 6 rings (SSSR count). The van der Waals surface area contributed by atoms with Crippen LogP contribution < -0.4 is 9.47 Å². The Morgan fingerprint density at radius 3 is 2.13 bits per heavy atom. The standard InChI is InChI=1S/C40H38Cl2N2O4.C2H6.S2/c1-26-20-36(41)39(37(42)21-26)48-19-18-47-33-16-12-30(13-17-33)34-22-38(45)43(23-29-9-5-4-6-10-29)25-35(34)40(46)44(32-14-15-32)24-31-11-7-8-27(2)28(31)3;2*1-2/h4-17,20-22,32,35H,18-19,23-25H2,1-3H3;1-2H3;. The van der Waals surface area contributed by atoms with Gasteiger partial charge in [0.1, 0.15) is 19.0 Å². The fraction of sp³-hybridized carbons (Fsp3) is 0.286. The van der Waals surface area contributed by atoms with Gasteiger partial charge >= 0.3 is 0 Å². The number of benzene rings is 4. The summed E-state index contributed by atoms with van der Waals surface area (Å²) in [5.41, 5.74) is 6.98. The van der Waals surface area contributed by atoms with Crippen LogP contribution in [0.5, 0.6) is 11.5 Å². The van der Waals surface area contributed by atoms with Crippen LogP contribution in [-0.4, -0.2) is 47.4 Å². The number of nitrogens with zero attached hydrogens (tertiary/aromatic N) is 2. The zero-order valence-electron chi connectivity index (χ0n) is 30.1. The fourth-order valence-electron chi connectivity index (χ4n) is 6.00. The molecule has 272 valence electrons. The van der Waals surface area contributed by atoms with Crippen molar-refractivity contribution in [2.45, 2.75) is 53.8 Å². The van der Waals surface area contributed by atoms with E-state index >= 15 is 0 Å². The van der Waals surface area contributed by atoms with E-state index in [0.717, 1.165) is 22.3 Å². The van der Waals surface area contributed by atoms with Crippen molar-refractivity contribution in [1.82, 2.24) is 9.80 Å². The molecule has 0 fully saturated rings. The molecule has 4 aromatic rings. The topological polar surface area (TPSA) is 59.1 Å². The van der Waals surface area contributed by atoms with Crippen LogP contribution in [0.15, 0.2) is 103 Å². The Morgan fingerprint density at radius 2 is 1.50 bits per heavy atom. The lowest BCUT2D eigenvalue weighted by atomic mass is 9.87. The first-order valence-corrected chi connectivity index (χ1v) is 19.3. The molecule has 0 radical (unpaired) electrons.